The standard InChI is InChI=1S/C14H23N3O/c1-2-7-16-14(18)11-17(9-12-5-6-12)10-13-4-3-8-15-13/h1,12-13,15H,3-11H2,(H,16,18). The highest BCUT2D eigenvalue weighted by Gasteiger charge is 2.27. The molecule has 1 aliphatic heterocycles. The Morgan fingerprint density at radius 2 is 2.22 bits per heavy atom. The van der Waals surface area contributed by atoms with Crippen molar-refractivity contribution in [1.82, 2.24) is 15.5 Å². The number of nitrogens with one attached hydrogen (secondary N) is 2. The Hall–Kier alpha value is -1.05. The third kappa shape index (κ3) is 4.67. The van der Waals surface area contributed by atoms with Crippen molar-refractivity contribution >= 4 is 5.91 Å². The molecule has 4 nitrogen and oxygen atoms in total. The molecule has 2 fully saturated rings. The molecule has 0 aromatic heterocycles. The molecule has 1 aliphatic carbocycles. The average molecular weight is 249 g/mol. The van der Waals surface area contributed by atoms with Crippen molar-refractivity contribution in [1.29, 1.82) is 0 Å². The van der Waals surface area contributed by atoms with E-state index in [2.05, 4.69) is 21.5 Å². The van der Waals surface area contributed by atoms with Crippen LogP contribution in [0.4, 0.5) is 0 Å². The summed E-state index contributed by atoms with van der Waals surface area (Å²) in [6, 6.07) is 0.559. The number of amides is 1. The van der Waals surface area contributed by atoms with E-state index >= 15 is 0 Å². The Bertz CT molecular complexity index is 313. The lowest BCUT2D eigenvalue weighted by Crippen LogP contribution is -2.44. The van der Waals surface area contributed by atoms with Gasteiger partial charge in [0.2, 0.25) is 5.91 Å². The maximum absolute atomic E-state index is 11.7. The van der Waals surface area contributed by atoms with Crippen molar-refractivity contribution in [2.75, 3.05) is 32.7 Å². The van der Waals surface area contributed by atoms with Gasteiger partial charge < -0.3 is 10.6 Å². The van der Waals surface area contributed by atoms with Gasteiger partial charge in [-0.2, -0.15) is 0 Å². The second-order valence-corrected chi connectivity index (χ2v) is 5.41. The van der Waals surface area contributed by atoms with Gasteiger partial charge >= 0.3 is 0 Å². The molecule has 1 saturated carbocycles. The third-order valence-electron chi connectivity index (χ3n) is 3.61. The lowest BCUT2D eigenvalue weighted by Gasteiger charge is -2.24. The van der Waals surface area contributed by atoms with Crippen molar-refractivity contribution in [3.8, 4) is 12.3 Å². The number of rotatable bonds is 7. The zero-order valence-corrected chi connectivity index (χ0v) is 11.0. The minimum absolute atomic E-state index is 0.0478. The second kappa shape index (κ2) is 6.77. The molecule has 2 rings (SSSR count). The number of carbonyl (C=O) groups is 1. The van der Waals surface area contributed by atoms with Crippen molar-refractivity contribution in [3.63, 3.8) is 0 Å². The van der Waals surface area contributed by atoms with Crippen LogP contribution in [0.15, 0.2) is 0 Å². The topological polar surface area (TPSA) is 44.4 Å². The van der Waals surface area contributed by atoms with Gasteiger partial charge in [-0.25, -0.2) is 0 Å². The molecule has 4 heteroatoms. The molecular weight excluding hydrogens is 226 g/mol. The van der Waals surface area contributed by atoms with Gasteiger partial charge in [0, 0.05) is 19.1 Å². The molecular formula is C14H23N3O. The fourth-order valence-corrected chi connectivity index (χ4v) is 2.50. The fraction of sp³-hybridized carbons (Fsp3) is 0.786. The van der Waals surface area contributed by atoms with E-state index in [1.807, 2.05) is 0 Å². The minimum atomic E-state index is 0.0478. The summed E-state index contributed by atoms with van der Waals surface area (Å²) in [5.74, 6) is 3.29. The summed E-state index contributed by atoms with van der Waals surface area (Å²) >= 11 is 0. The lowest BCUT2D eigenvalue weighted by molar-refractivity contribution is -0.122. The third-order valence-corrected chi connectivity index (χ3v) is 3.61. The summed E-state index contributed by atoms with van der Waals surface area (Å²) in [6.45, 7) is 3.97. The Kier molecular flexibility index (Phi) is 5.03. The molecule has 0 aromatic rings. The van der Waals surface area contributed by atoms with Gasteiger partial charge in [0.05, 0.1) is 13.1 Å². The van der Waals surface area contributed by atoms with E-state index in [1.165, 1.54) is 25.7 Å². The molecule has 1 heterocycles. The van der Waals surface area contributed by atoms with E-state index in [0.717, 1.165) is 25.6 Å². The van der Waals surface area contributed by atoms with Crippen LogP contribution >= 0.6 is 0 Å². The molecule has 0 spiro atoms. The zero-order chi connectivity index (χ0) is 12.8. The van der Waals surface area contributed by atoms with Crippen molar-refractivity contribution in [2.24, 2.45) is 5.92 Å². The van der Waals surface area contributed by atoms with E-state index in [4.69, 9.17) is 6.42 Å². The van der Waals surface area contributed by atoms with Gasteiger partial charge in [0.1, 0.15) is 0 Å². The predicted molar refractivity (Wildman–Crippen MR) is 72.0 cm³/mol. The first-order valence-electron chi connectivity index (χ1n) is 6.94. The Balaban J connectivity index is 1.75. The first-order chi connectivity index (χ1) is 8.78. The van der Waals surface area contributed by atoms with Crippen molar-refractivity contribution in [2.45, 2.75) is 31.7 Å². The smallest absolute Gasteiger partial charge is 0.234 e. The van der Waals surface area contributed by atoms with Gasteiger partial charge in [-0.15, -0.1) is 6.42 Å². The number of terminal acetylenes is 1. The van der Waals surface area contributed by atoms with Gasteiger partial charge in [-0.3, -0.25) is 9.69 Å². The summed E-state index contributed by atoms with van der Waals surface area (Å²) < 4.78 is 0. The first-order valence-corrected chi connectivity index (χ1v) is 6.94. The Labute approximate surface area is 109 Å². The maximum Gasteiger partial charge on any atom is 0.234 e. The van der Waals surface area contributed by atoms with Crippen LogP contribution in [0, 0.1) is 18.3 Å². The number of hydrogen-bond acceptors (Lipinski definition) is 3. The predicted octanol–water partition coefficient (Wildman–Crippen LogP) is 0.200. The fourth-order valence-electron chi connectivity index (χ4n) is 2.50. The highest BCUT2D eigenvalue weighted by Crippen LogP contribution is 2.29. The van der Waals surface area contributed by atoms with Crippen LogP contribution < -0.4 is 10.6 Å². The van der Waals surface area contributed by atoms with Gasteiger partial charge in [-0.1, -0.05) is 5.92 Å². The minimum Gasteiger partial charge on any atom is -0.344 e. The van der Waals surface area contributed by atoms with Crippen LogP contribution in [0.3, 0.4) is 0 Å². The molecule has 0 bridgehead atoms. The van der Waals surface area contributed by atoms with Gasteiger partial charge in [-0.05, 0) is 38.1 Å². The lowest BCUT2D eigenvalue weighted by atomic mass is 10.2. The second-order valence-electron chi connectivity index (χ2n) is 5.41. The first kappa shape index (κ1) is 13.4. The molecule has 0 radical (unpaired) electrons. The van der Waals surface area contributed by atoms with E-state index in [9.17, 15) is 4.79 Å². The largest absolute Gasteiger partial charge is 0.344 e. The van der Waals surface area contributed by atoms with Crippen molar-refractivity contribution < 1.29 is 4.79 Å². The van der Waals surface area contributed by atoms with E-state index < -0.39 is 0 Å². The maximum atomic E-state index is 11.7. The van der Waals surface area contributed by atoms with Crippen LogP contribution in [0.25, 0.3) is 0 Å². The van der Waals surface area contributed by atoms with Gasteiger partial charge in [0.25, 0.3) is 0 Å². The van der Waals surface area contributed by atoms with Crippen LogP contribution in [-0.4, -0.2) is 49.6 Å². The normalized spacial score (nSPS) is 23.0. The molecule has 1 saturated heterocycles. The van der Waals surface area contributed by atoms with Crippen LogP contribution in [0.5, 0.6) is 0 Å². The average Bonchev–Trinajstić information content (AvgIpc) is 3.01. The zero-order valence-electron chi connectivity index (χ0n) is 11.0. The molecule has 2 aliphatic rings. The molecule has 100 valence electrons. The van der Waals surface area contributed by atoms with Crippen molar-refractivity contribution in [3.05, 3.63) is 0 Å². The van der Waals surface area contributed by atoms with Crippen LogP contribution in [0.2, 0.25) is 0 Å². The molecule has 1 amide bonds. The van der Waals surface area contributed by atoms with Crippen LogP contribution in [-0.2, 0) is 4.79 Å². The Morgan fingerprint density at radius 3 is 2.83 bits per heavy atom. The van der Waals surface area contributed by atoms with E-state index in [0.29, 0.717) is 19.1 Å². The number of carbonyl (C=O) groups excluding carboxylic acids is 1. The monoisotopic (exact) mass is 249 g/mol. The highest BCUT2D eigenvalue weighted by molar-refractivity contribution is 5.78. The summed E-state index contributed by atoms with van der Waals surface area (Å²) in [6.07, 6.45) is 10.3. The summed E-state index contributed by atoms with van der Waals surface area (Å²) in [7, 11) is 0. The molecule has 1 atom stereocenters. The van der Waals surface area contributed by atoms with E-state index in [-0.39, 0.29) is 5.91 Å². The summed E-state index contributed by atoms with van der Waals surface area (Å²) in [5.41, 5.74) is 0. The highest BCUT2D eigenvalue weighted by atomic mass is 16.2. The number of nitrogens with zero attached hydrogens (tertiary/aromatic N) is 1. The molecule has 1 unspecified atom stereocenters. The quantitative estimate of drug-likeness (QED) is 0.634. The molecule has 0 aromatic carbocycles. The van der Waals surface area contributed by atoms with E-state index in [1.54, 1.807) is 0 Å². The molecule has 18 heavy (non-hydrogen) atoms. The summed E-state index contributed by atoms with van der Waals surface area (Å²) in [5, 5.41) is 6.24. The SMILES string of the molecule is C#CCNC(=O)CN(CC1CC1)CC1CCCN1. The number of hydrogen-bond donors (Lipinski definition) is 2. The van der Waals surface area contributed by atoms with Gasteiger partial charge in [0.15, 0.2) is 0 Å². The Morgan fingerprint density at radius 1 is 1.39 bits per heavy atom. The molecule has 2 N–H and O–H groups in total. The van der Waals surface area contributed by atoms with Crippen LogP contribution in [0.1, 0.15) is 25.7 Å². The summed E-state index contributed by atoms with van der Waals surface area (Å²) in [4.78, 5) is 14.0.